The molecule has 0 bridgehead atoms. The number of fused-ring (bicyclic) bond motifs is 2. The van der Waals surface area contributed by atoms with Crippen LogP contribution in [0.4, 0.5) is 4.39 Å². The zero-order valence-electron chi connectivity index (χ0n) is 23.0. The molecule has 0 radical (unpaired) electrons. The van der Waals surface area contributed by atoms with Crippen molar-refractivity contribution in [3.05, 3.63) is 144 Å². The Morgan fingerprint density at radius 2 is 1.71 bits per heavy atom. The summed E-state index contributed by atoms with van der Waals surface area (Å²) in [5.74, 6) is -0.193. The lowest BCUT2D eigenvalue weighted by atomic mass is 9.95. The minimum atomic E-state index is -0.638. The summed E-state index contributed by atoms with van der Waals surface area (Å²) in [4.78, 5) is 33.3. The fourth-order valence-electron chi connectivity index (χ4n) is 5.27. The molecule has 2 heterocycles. The van der Waals surface area contributed by atoms with E-state index in [9.17, 15) is 14.0 Å². The number of hydrogen-bond acceptors (Lipinski definition) is 6. The quantitative estimate of drug-likeness (QED) is 0.162. The number of allylic oxidation sites excluding steroid dienone is 1. The number of nitrogens with zero attached hydrogens (tertiary/aromatic N) is 2. The Hall–Kier alpha value is -4.27. The Morgan fingerprint density at radius 3 is 2.45 bits per heavy atom. The number of rotatable bonds is 7. The molecule has 0 aliphatic carbocycles. The van der Waals surface area contributed by atoms with Crippen LogP contribution >= 0.6 is 23.1 Å². The average molecular weight is 595 g/mol. The lowest BCUT2D eigenvalue weighted by Gasteiger charge is -2.25. The van der Waals surface area contributed by atoms with Gasteiger partial charge in [0.1, 0.15) is 5.82 Å². The van der Waals surface area contributed by atoms with Crippen LogP contribution < -0.4 is 14.9 Å². The number of methoxy groups -OCH3 is 1. The third-order valence-corrected chi connectivity index (χ3v) is 9.42. The zero-order chi connectivity index (χ0) is 29.2. The van der Waals surface area contributed by atoms with Crippen LogP contribution in [-0.4, -0.2) is 17.6 Å². The number of ether oxygens (including phenoxy) is 1. The normalized spacial score (nSPS) is 15.0. The maximum absolute atomic E-state index is 14.2. The van der Waals surface area contributed by atoms with E-state index < -0.39 is 12.0 Å². The van der Waals surface area contributed by atoms with E-state index in [4.69, 9.17) is 9.73 Å². The van der Waals surface area contributed by atoms with Gasteiger partial charge < -0.3 is 4.74 Å². The van der Waals surface area contributed by atoms with Gasteiger partial charge >= 0.3 is 5.97 Å². The van der Waals surface area contributed by atoms with Gasteiger partial charge in [0, 0.05) is 10.6 Å². The summed E-state index contributed by atoms with van der Waals surface area (Å²) in [5.41, 5.74) is 3.14. The maximum atomic E-state index is 14.2. The molecular weight excluding hydrogens is 568 g/mol. The van der Waals surface area contributed by atoms with E-state index in [1.54, 1.807) is 28.5 Å². The smallest absolute Gasteiger partial charge is 0.338 e. The van der Waals surface area contributed by atoms with Crippen molar-refractivity contribution in [1.82, 2.24) is 4.57 Å². The minimum absolute atomic E-state index is 0.211. The SMILES string of the molecule is CCC1=C(C(=O)OC)[C@@H](c2ccccc2)n2c(s/c(=C\c3ccc(SCc4ccccc4F)c4ccccc34)c2=O)=N1. The lowest BCUT2D eigenvalue weighted by Crippen LogP contribution is -2.40. The molecular formula is C34H27FN2O3S2. The van der Waals surface area contributed by atoms with Crippen molar-refractivity contribution in [1.29, 1.82) is 0 Å². The fourth-order valence-corrected chi connectivity index (χ4v) is 7.33. The van der Waals surface area contributed by atoms with Crippen molar-refractivity contribution in [2.45, 2.75) is 30.0 Å². The first-order valence-corrected chi connectivity index (χ1v) is 15.4. The van der Waals surface area contributed by atoms with Crippen LogP contribution in [-0.2, 0) is 15.3 Å². The Labute approximate surface area is 250 Å². The standard InChI is InChI=1S/C34H27FN2O3S2/c1-3-27-30(33(39)40-2)31(21-11-5-4-6-12-21)37-32(38)29(42-34(37)36-27)19-22-17-18-28(25-15-9-8-14-24(22)25)41-20-23-13-7-10-16-26(23)35/h4-19,31H,3,20H2,1-2H3/b29-19-/t31-/m1/s1. The number of carbonyl (C=O) groups is 1. The first-order chi connectivity index (χ1) is 20.5. The summed E-state index contributed by atoms with van der Waals surface area (Å²) in [7, 11) is 1.35. The van der Waals surface area contributed by atoms with Gasteiger partial charge in [-0.05, 0) is 52.1 Å². The molecule has 1 atom stereocenters. The van der Waals surface area contributed by atoms with Gasteiger partial charge in [-0.25, -0.2) is 14.2 Å². The fraction of sp³-hybridized carbons (Fsp3) is 0.147. The van der Waals surface area contributed by atoms with Gasteiger partial charge in [-0.15, -0.1) is 11.8 Å². The molecule has 42 heavy (non-hydrogen) atoms. The van der Waals surface area contributed by atoms with Crippen LogP contribution in [0.25, 0.3) is 16.8 Å². The van der Waals surface area contributed by atoms with Gasteiger partial charge in [0.2, 0.25) is 0 Å². The van der Waals surface area contributed by atoms with Gasteiger partial charge in [-0.1, -0.05) is 97.1 Å². The largest absolute Gasteiger partial charge is 0.466 e. The van der Waals surface area contributed by atoms with Crippen molar-refractivity contribution >= 4 is 45.9 Å². The van der Waals surface area contributed by atoms with Crippen LogP contribution in [0.1, 0.15) is 36.1 Å². The Balaban J connectivity index is 1.47. The molecule has 1 aromatic heterocycles. The zero-order valence-corrected chi connectivity index (χ0v) is 24.7. The third kappa shape index (κ3) is 5.12. The third-order valence-electron chi connectivity index (χ3n) is 7.31. The number of benzene rings is 4. The second kappa shape index (κ2) is 11.9. The Morgan fingerprint density at radius 1 is 1.00 bits per heavy atom. The molecule has 0 N–H and O–H groups in total. The predicted molar refractivity (Wildman–Crippen MR) is 167 cm³/mol. The molecule has 5 nitrogen and oxygen atoms in total. The molecule has 5 aromatic rings. The van der Waals surface area contributed by atoms with Crippen LogP contribution in [0.2, 0.25) is 0 Å². The molecule has 0 saturated heterocycles. The van der Waals surface area contributed by atoms with Crippen LogP contribution in [0.5, 0.6) is 0 Å². The first-order valence-electron chi connectivity index (χ1n) is 13.6. The molecule has 4 aromatic carbocycles. The number of halogens is 1. The highest BCUT2D eigenvalue weighted by atomic mass is 32.2. The number of hydrogen-bond donors (Lipinski definition) is 0. The topological polar surface area (TPSA) is 60.7 Å². The molecule has 6 rings (SSSR count). The molecule has 0 amide bonds. The van der Waals surface area contributed by atoms with Gasteiger partial charge in [0.15, 0.2) is 4.80 Å². The van der Waals surface area contributed by atoms with E-state index in [2.05, 4.69) is 0 Å². The van der Waals surface area contributed by atoms with Gasteiger partial charge in [-0.3, -0.25) is 9.36 Å². The molecule has 0 unspecified atom stereocenters. The molecule has 0 saturated carbocycles. The highest BCUT2D eigenvalue weighted by molar-refractivity contribution is 7.98. The van der Waals surface area contributed by atoms with Crippen molar-refractivity contribution in [2.24, 2.45) is 4.99 Å². The van der Waals surface area contributed by atoms with Crippen LogP contribution in [0.3, 0.4) is 0 Å². The number of aromatic nitrogens is 1. The monoisotopic (exact) mass is 594 g/mol. The average Bonchev–Trinajstić information content (AvgIpc) is 3.34. The molecule has 210 valence electrons. The van der Waals surface area contributed by atoms with Crippen molar-refractivity contribution in [3.8, 4) is 0 Å². The van der Waals surface area contributed by atoms with Gasteiger partial charge in [-0.2, -0.15) is 0 Å². The highest BCUT2D eigenvalue weighted by Gasteiger charge is 2.33. The summed E-state index contributed by atoms with van der Waals surface area (Å²) in [6.45, 7) is 1.94. The first kappa shape index (κ1) is 27.9. The Bertz CT molecular complexity index is 2030. The lowest BCUT2D eigenvalue weighted by molar-refractivity contribution is -0.136. The van der Waals surface area contributed by atoms with Crippen LogP contribution in [0, 0.1) is 5.82 Å². The molecule has 1 aliphatic heterocycles. The highest BCUT2D eigenvalue weighted by Crippen LogP contribution is 2.34. The molecule has 8 heteroatoms. The van der Waals surface area contributed by atoms with Gasteiger partial charge in [0.25, 0.3) is 5.56 Å². The molecule has 1 aliphatic rings. The summed E-state index contributed by atoms with van der Waals surface area (Å²) in [5, 5.41) is 2.02. The maximum Gasteiger partial charge on any atom is 0.338 e. The summed E-state index contributed by atoms with van der Waals surface area (Å²) < 4.78 is 21.5. The van der Waals surface area contributed by atoms with E-state index in [1.165, 1.54) is 24.5 Å². The molecule has 0 fully saturated rings. The summed E-state index contributed by atoms with van der Waals surface area (Å²) in [6.07, 6.45) is 2.42. The van der Waals surface area contributed by atoms with E-state index in [-0.39, 0.29) is 11.4 Å². The number of thiazole rings is 1. The van der Waals surface area contributed by atoms with E-state index in [0.717, 1.165) is 26.8 Å². The molecule has 0 spiro atoms. The Kier molecular flexibility index (Phi) is 7.91. The van der Waals surface area contributed by atoms with Gasteiger partial charge in [0.05, 0.1) is 29.0 Å². The van der Waals surface area contributed by atoms with Crippen LogP contribution in [0.15, 0.2) is 117 Å². The predicted octanol–water partition coefficient (Wildman–Crippen LogP) is 6.38. The van der Waals surface area contributed by atoms with E-state index >= 15 is 0 Å². The van der Waals surface area contributed by atoms with Crippen molar-refractivity contribution in [2.75, 3.05) is 7.11 Å². The van der Waals surface area contributed by atoms with Crippen molar-refractivity contribution in [3.63, 3.8) is 0 Å². The minimum Gasteiger partial charge on any atom is -0.466 e. The number of esters is 1. The number of thioether (sulfide) groups is 1. The van der Waals surface area contributed by atoms with Crippen molar-refractivity contribution < 1.29 is 13.9 Å². The summed E-state index contributed by atoms with van der Waals surface area (Å²) in [6, 6.07) is 27.7. The van der Waals surface area contributed by atoms with E-state index in [0.29, 0.717) is 38.3 Å². The summed E-state index contributed by atoms with van der Waals surface area (Å²) >= 11 is 2.89. The number of carbonyl (C=O) groups excluding carboxylic acids is 1. The second-order valence-corrected chi connectivity index (χ2v) is 11.8. The second-order valence-electron chi connectivity index (χ2n) is 9.78. The van der Waals surface area contributed by atoms with E-state index in [1.807, 2.05) is 85.8 Å².